The lowest BCUT2D eigenvalue weighted by Gasteiger charge is -2.36. The van der Waals surface area contributed by atoms with Gasteiger partial charge in [-0.3, -0.25) is 9.80 Å². The third-order valence-electron chi connectivity index (χ3n) is 11.4. The van der Waals surface area contributed by atoms with Crippen LogP contribution in [0.5, 0.6) is 0 Å². The summed E-state index contributed by atoms with van der Waals surface area (Å²) in [6.45, 7) is 11.5. The fourth-order valence-electron chi connectivity index (χ4n) is 9.29. The lowest BCUT2D eigenvalue weighted by molar-refractivity contribution is 0.00523. The number of amides is 2. The molecule has 2 amide bonds. The second-order valence-corrected chi connectivity index (χ2v) is 17.0. The molecular formula is C40H50N6O4. The van der Waals surface area contributed by atoms with Crippen molar-refractivity contribution in [2.24, 2.45) is 11.8 Å². The summed E-state index contributed by atoms with van der Waals surface area (Å²) in [6, 6.07) is 10.4. The van der Waals surface area contributed by atoms with Gasteiger partial charge in [-0.1, -0.05) is 48.6 Å². The van der Waals surface area contributed by atoms with E-state index < -0.39 is 16.6 Å². The van der Waals surface area contributed by atoms with Crippen LogP contribution in [-0.2, 0) is 14.9 Å². The SMILES string of the molecule is CC(C)(C)OC(=O)N1C2CCC(C2)C1c1ncc(C2(c3cnc(C4C5CCC(C5)N4C(=O)OC(C)(C)C)[nH]3)C=CC(c3ccccc3)=CC2)[nH]1. The number of nitrogens with zero attached hydrogens (tertiary/aromatic N) is 4. The number of likely N-dealkylation sites (tertiary alicyclic amines) is 2. The van der Waals surface area contributed by atoms with Gasteiger partial charge in [-0.25, -0.2) is 19.6 Å². The number of aromatic amines is 2. The monoisotopic (exact) mass is 678 g/mol. The lowest BCUT2D eigenvalue weighted by atomic mass is 9.74. The molecule has 2 saturated carbocycles. The van der Waals surface area contributed by atoms with Crippen LogP contribution >= 0.6 is 0 Å². The Kier molecular flexibility index (Phi) is 7.80. The fourth-order valence-corrected chi connectivity index (χ4v) is 9.29. The fraction of sp³-hybridized carbons (Fsp3) is 0.550. The van der Waals surface area contributed by atoms with Gasteiger partial charge >= 0.3 is 12.2 Å². The van der Waals surface area contributed by atoms with Gasteiger partial charge < -0.3 is 19.4 Å². The summed E-state index contributed by atoms with van der Waals surface area (Å²) in [7, 11) is 0. The summed E-state index contributed by atoms with van der Waals surface area (Å²) >= 11 is 0. The molecule has 0 radical (unpaired) electrons. The normalized spacial score (nSPS) is 30.2. The van der Waals surface area contributed by atoms with Crippen LogP contribution in [0.2, 0.25) is 0 Å². The maximum atomic E-state index is 13.5. The summed E-state index contributed by atoms with van der Waals surface area (Å²) in [5.74, 6) is 2.27. The second-order valence-electron chi connectivity index (χ2n) is 17.0. The molecule has 264 valence electrons. The number of allylic oxidation sites excluding steroid dienone is 4. The van der Waals surface area contributed by atoms with E-state index in [1.807, 2.05) is 69.8 Å². The number of hydrogen-bond donors (Lipinski definition) is 2. The summed E-state index contributed by atoms with van der Waals surface area (Å²) in [4.78, 5) is 48.4. The second kappa shape index (κ2) is 11.9. The minimum Gasteiger partial charge on any atom is -0.444 e. The molecule has 2 aliphatic heterocycles. The number of aromatic nitrogens is 4. The number of carbonyl (C=O) groups excluding carboxylic acids is 2. The molecule has 50 heavy (non-hydrogen) atoms. The van der Waals surface area contributed by atoms with Gasteiger partial charge in [0.1, 0.15) is 22.9 Å². The molecule has 4 heterocycles. The van der Waals surface area contributed by atoms with E-state index in [0.29, 0.717) is 18.3 Å². The standard InChI is InChI=1S/C40H50N6O4/c1-38(2,3)49-36(47)45-28-14-12-26(20-28)32(45)34-41-22-30(43-34)40(18-16-25(17-19-40)24-10-8-7-9-11-24)31-23-42-35(44-31)33-27-13-15-29(21-27)46(33)37(48)50-39(4,5)6/h7-11,16-18,22-23,26-29,32-33H,12-15,19-21H2,1-6H3,(H,41,43)(H,42,44). The van der Waals surface area contributed by atoms with E-state index in [-0.39, 0.29) is 36.4 Å². The first-order valence-corrected chi connectivity index (χ1v) is 18.4. The number of ether oxygens (including phenoxy) is 2. The van der Waals surface area contributed by atoms with Gasteiger partial charge in [-0.05, 0) is 109 Å². The molecule has 2 saturated heterocycles. The first kappa shape index (κ1) is 32.8. The summed E-state index contributed by atoms with van der Waals surface area (Å²) < 4.78 is 11.8. The van der Waals surface area contributed by atoms with Gasteiger partial charge in [0.15, 0.2) is 0 Å². The molecule has 6 atom stereocenters. The van der Waals surface area contributed by atoms with Crippen molar-refractivity contribution in [2.75, 3.05) is 0 Å². The number of fused-ring (bicyclic) bond motifs is 4. The smallest absolute Gasteiger partial charge is 0.411 e. The van der Waals surface area contributed by atoms with Gasteiger partial charge in [0.05, 0.1) is 28.9 Å². The molecule has 4 fully saturated rings. The average Bonchev–Trinajstić information content (AvgIpc) is 3.92. The molecule has 3 aliphatic carbocycles. The molecule has 5 aliphatic rings. The highest BCUT2D eigenvalue weighted by molar-refractivity contribution is 5.76. The highest BCUT2D eigenvalue weighted by Crippen LogP contribution is 2.52. The molecule has 1 aromatic carbocycles. The van der Waals surface area contributed by atoms with E-state index >= 15 is 0 Å². The highest BCUT2D eigenvalue weighted by Gasteiger charge is 2.53. The van der Waals surface area contributed by atoms with Crippen LogP contribution in [-0.4, -0.2) is 65.2 Å². The van der Waals surface area contributed by atoms with Crippen LogP contribution in [0.25, 0.3) is 5.57 Å². The summed E-state index contributed by atoms with van der Waals surface area (Å²) in [6.07, 6.45) is 16.8. The Morgan fingerprint density at radius 1 is 0.760 bits per heavy atom. The van der Waals surface area contributed by atoms with Crippen molar-refractivity contribution in [1.82, 2.24) is 29.7 Å². The number of nitrogens with one attached hydrogen (secondary N) is 2. The third kappa shape index (κ3) is 5.74. The molecule has 8 rings (SSSR count). The van der Waals surface area contributed by atoms with Gasteiger partial charge in [-0.15, -0.1) is 0 Å². The molecule has 4 bridgehead atoms. The van der Waals surface area contributed by atoms with E-state index in [9.17, 15) is 9.59 Å². The number of benzene rings is 1. The van der Waals surface area contributed by atoms with Crippen LogP contribution < -0.4 is 0 Å². The van der Waals surface area contributed by atoms with Crippen LogP contribution in [0, 0.1) is 11.8 Å². The Morgan fingerprint density at radius 3 is 1.70 bits per heavy atom. The molecule has 10 nitrogen and oxygen atoms in total. The Labute approximate surface area is 294 Å². The van der Waals surface area contributed by atoms with Gasteiger partial charge in [0.25, 0.3) is 0 Å². The Morgan fingerprint density at radius 2 is 1.26 bits per heavy atom. The summed E-state index contributed by atoms with van der Waals surface area (Å²) in [5, 5.41) is 0. The molecule has 2 aromatic heterocycles. The largest absolute Gasteiger partial charge is 0.444 e. The van der Waals surface area contributed by atoms with Crippen molar-refractivity contribution in [3.63, 3.8) is 0 Å². The number of H-pyrrole nitrogens is 2. The minimum absolute atomic E-state index is 0.161. The first-order chi connectivity index (χ1) is 23.8. The maximum absolute atomic E-state index is 13.5. The molecule has 0 spiro atoms. The van der Waals surface area contributed by atoms with Crippen LogP contribution in [0.3, 0.4) is 0 Å². The van der Waals surface area contributed by atoms with Crippen molar-refractivity contribution in [3.8, 4) is 0 Å². The van der Waals surface area contributed by atoms with Gasteiger partial charge in [0.2, 0.25) is 0 Å². The topological polar surface area (TPSA) is 116 Å². The number of imidazole rings is 2. The number of carbonyl (C=O) groups is 2. The van der Waals surface area contributed by atoms with E-state index in [4.69, 9.17) is 19.4 Å². The molecule has 2 N–H and O–H groups in total. The number of rotatable bonds is 5. The predicted molar refractivity (Wildman–Crippen MR) is 190 cm³/mol. The number of piperidine rings is 2. The van der Waals surface area contributed by atoms with Crippen LogP contribution in [0.4, 0.5) is 9.59 Å². The molecular weight excluding hydrogens is 628 g/mol. The zero-order valence-electron chi connectivity index (χ0n) is 30.1. The van der Waals surface area contributed by atoms with Gasteiger partial charge in [-0.2, -0.15) is 0 Å². The molecule has 10 heteroatoms. The van der Waals surface area contributed by atoms with Gasteiger partial charge in [0, 0.05) is 24.5 Å². The Bertz CT molecular complexity index is 1730. The predicted octanol–water partition coefficient (Wildman–Crippen LogP) is 8.38. The highest BCUT2D eigenvalue weighted by atomic mass is 16.6. The Hall–Kier alpha value is -4.34. The zero-order valence-corrected chi connectivity index (χ0v) is 30.1. The maximum Gasteiger partial charge on any atom is 0.411 e. The van der Waals surface area contributed by atoms with E-state index in [1.54, 1.807) is 0 Å². The van der Waals surface area contributed by atoms with Crippen molar-refractivity contribution in [3.05, 3.63) is 89.6 Å². The quantitative estimate of drug-likeness (QED) is 0.280. The van der Waals surface area contributed by atoms with Crippen molar-refractivity contribution < 1.29 is 19.1 Å². The first-order valence-electron chi connectivity index (χ1n) is 18.4. The van der Waals surface area contributed by atoms with E-state index in [1.165, 1.54) is 0 Å². The van der Waals surface area contributed by atoms with Crippen LogP contribution in [0.15, 0.2) is 61.0 Å². The zero-order chi connectivity index (χ0) is 35.0. The number of hydrogen-bond acceptors (Lipinski definition) is 6. The third-order valence-corrected chi connectivity index (χ3v) is 11.4. The molecule has 3 aromatic rings. The van der Waals surface area contributed by atoms with Crippen molar-refractivity contribution >= 4 is 17.8 Å². The Balaban J connectivity index is 1.15. The lowest BCUT2D eigenvalue weighted by Crippen LogP contribution is -2.43. The van der Waals surface area contributed by atoms with E-state index in [0.717, 1.165) is 72.7 Å². The minimum atomic E-state index is -0.614. The summed E-state index contributed by atoms with van der Waals surface area (Å²) in [5.41, 5.74) is 2.43. The molecule has 6 unspecified atom stereocenters. The van der Waals surface area contributed by atoms with Crippen molar-refractivity contribution in [1.29, 1.82) is 0 Å². The van der Waals surface area contributed by atoms with Crippen molar-refractivity contribution in [2.45, 2.75) is 127 Å². The van der Waals surface area contributed by atoms with Crippen LogP contribution in [0.1, 0.15) is 127 Å². The van der Waals surface area contributed by atoms with E-state index in [2.05, 4.69) is 52.5 Å². The average molecular weight is 679 g/mol.